The summed E-state index contributed by atoms with van der Waals surface area (Å²) < 4.78 is 19.4. The molecule has 0 spiro atoms. The number of furan rings is 1. The van der Waals surface area contributed by atoms with Crippen LogP contribution < -0.4 is 0 Å². The van der Waals surface area contributed by atoms with Crippen LogP contribution in [0.15, 0.2) is 40.8 Å². The molecule has 3 rings (SSSR count). The van der Waals surface area contributed by atoms with Gasteiger partial charge in [-0.2, -0.15) is 0 Å². The Morgan fingerprint density at radius 2 is 2.13 bits per heavy atom. The number of hydrogen-bond acceptors (Lipinski definition) is 3. The van der Waals surface area contributed by atoms with Crippen molar-refractivity contribution in [1.82, 2.24) is 4.90 Å². The molecule has 2 heterocycles. The summed E-state index contributed by atoms with van der Waals surface area (Å²) in [7, 11) is 0. The minimum absolute atomic E-state index is 0.0914. The summed E-state index contributed by atoms with van der Waals surface area (Å²) in [6, 6.07) is 9.50. The average Bonchev–Trinajstić information content (AvgIpc) is 3.04. The van der Waals surface area contributed by atoms with E-state index in [4.69, 9.17) is 4.42 Å². The van der Waals surface area contributed by atoms with Crippen molar-refractivity contribution in [3.8, 4) is 11.3 Å². The molecule has 4 nitrogen and oxygen atoms in total. The van der Waals surface area contributed by atoms with Crippen molar-refractivity contribution in [2.45, 2.75) is 25.9 Å². The average molecular weight is 317 g/mol. The highest BCUT2D eigenvalue weighted by molar-refractivity contribution is 5.92. The molecule has 1 aromatic carbocycles. The maximum Gasteiger partial charge on any atom is 0.289 e. The first-order valence-electron chi connectivity index (χ1n) is 7.88. The smallest absolute Gasteiger partial charge is 0.289 e. The van der Waals surface area contributed by atoms with Gasteiger partial charge in [0.1, 0.15) is 11.6 Å². The molecular formula is C18H20FNO3. The Morgan fingerprint density at radius 1 is 1.35 bits per heavy atom. The Bertz CT molecular complexity index is 695. The number of carbonyl (C=O) groups excluding carboxylic acids is 1. The Hall–Kier alpha value is -2.14. The summed E-state index contributed by atoms with van der Waals surface area (Å²) in [5.41, 5.74) is 0.340. The second-order valence-corrected chi connectivity index (χ2v) is 6.04. The lowest BCUT2D eigenvalue weighted by molar-refractivity contribution is 0.0443. The van der Waals surface area contributed by atoms with Crippen LogP contribution in [-0.2, 0) is 0 Å². The lowest BCUT2D eigenvalue weighted by Crippen LogP contribution is -2.42. The highest BCUT2D eigenvalue weighted by Crippen LogP contribution is 2.27. The van der Waals surface area contributed by atoms with Gasteiger partial charge in [0.2, 0.25) is 0 Å². The Morgan fingerprint density at radius 3 is 2.87 bits per heavy atom. The van der Waals surface area contributed by atoms with Crippen molar-refractivity contribution in [3.05, 3.63) is 48.0 Å². The molecule has 0 radical (unpaired) electrons. The van der Waals surface area contributed by atoms with Gasteiger partial charge in [0.05, 0.1) is 11.7 Å². The number of piperidine rings is 1. The van der Waals surface area contributed by atoms with E-state index >= 15 is 0 Å². The molecule has 2 aromatic rings. The summed E-state index contributed by atoms with van der Waals surface area (Å²) in [6.07, 6.45) is 1.35. The predicted molar refractivity (Wildman–Crippen MR) is 84.4 cm³/mol. The third-order valence-electron chi connectivity index (χ3n) is 4.38. The summed E-state index contributed by atoms with van der Waals surface area (Å²) in [5, 5.41) is 9.73. The fourth-order valence-electron chi connectivity index (χ4n) is 3.00. The molecule has 1 N–H and O–H groups in total. The van der Waals surface area contributed by atoms with E-state index in [9.17, 15) is 14.3 Å². The molecule has 1 fully saturated rings. The topological polar surface area (TPSA) is 53.7 Å². The van der Waals surface area contributed by atoms with Gasteiger partial charge >= 0.3 is 0 Å². The summed E-state index contributed by atoms with van der Waals surface area (Å²) >= 11 is 0. The zero-order valence-electron chi connectivity index (χ0n) is 13.0. The van der Waals surface area contributed by atoms with Gasteiger partial charge in [-0.1, -0.05) is 12.1 Å². The molecule has 1 amide bonds. The number of rotatable bonds is 3. The zero-order valence-corrected chi connectivity index (χ0v) is 13.0. The van der Waals surface area contributed by atoms with E-state index in [0.29, 0.717) is 24.4 Å². The van der Waals surface area contributed by atoms with E-state index in [1.165, 1.54) is 6.07 Å². The monoisotopic (exact) mass is 317 g/mol. The highest BCUT2D eigenvalue weighted by atomic mass is 19.1. The number of halogens is 1. The van der Waals surface area contributed by atoms with Crippen LogP contribution in [0.1, 0.15) is 30.3 Å². The number of benzene rings is 1. The third-order valence-corrected chi connectivity index (χ3v) is 4.38. The van der Waals surface area contributed by atoms with Crippen LogP contribution in [0.2, 0.25) is 0 Å². The molecule has 23 heavy (non-hydrogen) atoms. The number of nitrogens with zero attached hydrogens (tertiary/aromatic N) is 1. The molecule has 2 atom stereocenters. The molecule has 1 aromatic heterocycles. The van der Waals surface area contributed by atoms with Crippen molar-refractivity contribution in [3.63, 3.8) is 0 Å². The van der Waals surface area contributed by atoms with Gasteiger partial charge in [0.25, 0.3) is 5.91 Å². The summed E-state index contributed by atoms with van der Waals surface area (Å²) in [5.74, 6) is 0.0460. The zero-order chi connectivity index (χ0) is 16.4. The molecule has 122 valence electrons. The molecule has 1 saturated heterocycles. The molecule has 1 aliphatic rings. The second kappa shape index (κ2) is 6.54. The Labute approximate surface area is 134 Å². The number of amides is 1. The number of carbonyl (C=O) groups is 1. The lowest BCUT2D eigenvalue weighted by atomic mass is 9.93. The molecule has 0 aliphatic carbocycles. The molecule has 0 saturated carbocycles. The van der Waals surface area contributed by atoms with Gasteiger partial charge in [-0.05, 0) is 44.0 Å². The maximum atomic E-state index is 13.8. The molecule has 0 bridgehead atoms. The number of aliphatic hydroxyl groups excluding tert-OH is 1. The Balaban J connectivity index is 1.78. The number of aliphatic hydroxyl groups is 1. The first-order valence-corrected chi connectivity index (χ1v) is 7.88. The SMILES string of the molecule is CC(O)C1CCCN(C(=O)c2ccc(-c3ccccc3F)o2)C1. The van der Waals surface area contributed by atoms with Crippen molar-refractivity contribution < 1.29 is 18.7 Å². The standard InChI is InChI=1S/C18H20FNO3/c1-12(21)13-5-4-10-20(11-13)18(22)17-9-8-16(23-17)14-6-2-3-7-15(14)19/h2-3,6-9,12-13,21H,4-5,10-11H2,1H3. The first kappa shape index (κ1) is 15.7. The van der Waals surface area contributed by atoms with E-state index < -0.39 is 6.10 Å². The van der Waals surface area contributed by atoms with E-state index in [0.717, 1.165) is 12.8 Å². The van der Waals surface area contributed by atoms with Crippen molar-refractivity contribution >= 4 is 5.91 Å². The maximum absolute atomic E-state index is 13.8. The van der Waals surface area contributed by atoms with Crippen LogP contribution in [0, 0.1) is 11.7 Å². The van der Waals surface area contributed by atoms with Crippen LogP contribution in [0.3, 0.4) is 0 Å². The summed E-state index contributed by atoms with van der Waals surface area (Å²) in [6.45, 7) is 2.92. The van der Waals surface area contributed by atoms with Crippen molar-refractivity contribution in [1.29, 1.82) is 0 Å². The van der Waals surface area contributed by atoms with Crippen LogP contribution in [0.25, 0.3) is 11.3 Å². The highest BCUT2D eigenvalue weighted by Gasteiger charge is 2.28. The lowest BCUT2D eigenvalue weighted by Gasteiger charge is -2.33. The van der Waals surface area contributed by atoms with Crippen molar-refractivity contribution in [2.24, 2.45) is 5.92 Å². The molecular weight excluding hydrogens is 297 g/mol. The number of hydrogen-bond donors (Lipinski definition) is 1. The molecule has 5 heteroatoms. The predicted octanol–water partition coefficient (Wildman–Crippen LogP) is 3.32. The fourth-order valence-corrected chi connectivity index (χ4v) is 3.00. The normalized spacial score (nSPS) is 19.6. The van der Waals surface area contributed by atoms with Crippen LogP contribution in [-0.4, -0.2) is 35.1 Å². The van der Waals surface area contributed by atoms with Crippen molar-refractivity contribution in [2.75, 3.05) is 13.1 Å². The van der Waals surface area contributed by atoms with Gasteiger partial charge in [0, 0.05) is 19.0 Å². The van der Waals surface area contributed by atoms with Crippen LogP contribution in [0.4, 0.5) is 4.39 Å². The minimum atomic E-state index is -0.434. The van der Waals surface area contributed by atoms with E-state index in [1.807, 2.05) is 0 Å². The van der Waals surface area contributed by atoms with Crippen LogP contribution >= 0.6 is 0 Å². The van der Waals surface area contributed by atoms with Gasteiger partial charge in [0.15, 0.2) is 5.76 Å². The Kier molecular flexibility index (Phi) is 4.48. The summed E-state index contributed by atoms with van der Waals surface area (Å²) in [4.78, 5) is 14.3. The second-order valence-electron chi connectivity index (χ2n) is 6.04. The first-order chi connectivity index (χ1) is 11.1. The van der Waals surface area contributed by atoms with E-state index in [2.05, 4.69) is 0 Å². The molecule has 1 aliphatic heterocycles. The molecule has 2 unspecified atom stereocenters. The van der Waals surface area contributed by atoms with Gasteiger partial charge in [-0.3, -0.25) is 4.79 Å². The van der Waals surface area contributed by atoms with Gasteiger partial charge in [-0.15, -0.1) is 0 Å². The van der Waals surface area contributed by atoms with Crippen LogP contribution in [0.5, 0.6) is 0 Å². The van der Waals surface area contributed by atoms with Gasteiger partial charge in [-0.25, -0.2) is 4.39 Å². The minimum Gasteiger partial charge on any atom is -0.451 e. The fraction of sp³-hybridized carbons (Fsp3) is 0.389. The van der Waals surface area contributed by atoms with E-state index in [1.54, 1.807) is 42.2 Å². The van der Waals surface area contributed by atoms with Gasteiger partial charge < -0.3 is 14.4 Å². The largest absolute Gasteiger partial charge is 0.451 e. The quantitative estimate of drug-likeness (QED) is 0.945. The van der Waals surface area contributed by atoms with E-state index in [-0.39, 0.29) is 23.4 Å². The number of likely N-dealkylation sites (tertiary alicyclic amines) is 1. The third kappa shape index (κ3) is 3.29.